The largest absolute Gasteiger partial charge is 0.369 e. The molecule has 0 amide bonds. The lowest BCUT2D eigenvalue weighted by Crippen LogP contribution is -2.45. The second-order valence-corrected chi connectivity index (χ2v) is 6.31. The van der Waals surface area contributed by atoms with Gasteiger partial charge in [0.25, 0.3) is 0 Å². The third kappa shape index (κ3) is 3.48. The van der Waals surface area contributed by atoms with E-state index in [0.717, 1.165) is 54.4 Å². The summed E-state index contributed by atoms with van der Waals surface area (Å²) in [6.45, 7) is 8.24. The lowest BCUT2D eigenvalue weighted by molar-refractivity contribution is 0.109. The molecular weight excluding hydrogens is 318 g/mol. The molecule has 0 spiro atoms. The van der Waals surface area contributed by atoms with Crippen LogP contribution in [-0.2, 0) is 0 Å². The second kappa shape index (κ2) is 6.83. The van der Waals surface area contributed by atoms with Crippen LogP contribution >= 0.6 is 15.9 Å². The van der Waals surface area contributed by atoms with Gasteiger partial charge in [-0.1, -0.05) is 6.92 Å². The molecule has 1 aliphatic rings. The number of aromatic nitrogens is 2. The molecule has 1 unspecified atom stereocenters. The van der Waals surface area contributed by atoms with Crippen LogP contribution in [0, 0.1) is 6.92 Å². The van der Waals surface area contributed by atoms with Crippen LogP contribution in [0.25, 0.3) is 0 Å². The van der Waals surface area contributed by atoms with Crippen LogP contribution in [0.3, 0.4) is 0 Å². The zero-order valence-corrected chi connectivity index (χ0v) is 14.4. The molecule has 2 rings (SSSR count). The Balaban J connectivity index is 2.28. The highest BCUT2D eigenvalue weighted by molar-refractivity contribution is 9.10. The van der Waals surface area contributed by atoms with Crippen molar-refractivity contribution in [3.63, 3.8) is 0 Å². The van der Waals surface area contributed by atoms with E-state index < -0.39 is 0 Å². The standard InChI is InChI=1S/C14H24BrN5/c1-5-6-16-14-12(15)10(2)17-13(18-14)11-9-19(3)7-8-20(11)4/h11H,5-9H2,1-4H3,(H,16,17,18). The van der Waals surface area contributed by atoms with Crippen molar-refractivity contribution < 1.29 is 0 Å². The molecule has 112 valence electrons. The summed E-state index contributed by atoms with van der Waals surface area (Å²) in [6, 6.07) is 0.266. The molecular formula is C14H24BrN5. The molecule has 1 atom stereocenters. The lowest BCUT2D eigenvalue weighted by Gasteiger charge is -2.36. The summed E-state index contributed by atoms with van der Waals surface area (Å²) in [7, 11) is 4.31. The van der Waals surface area contributed by atoms with Gasteiger partial charge in [-0.2, -0.15) is 0 Å². The first-order chi connectivity index (χ1) is 9.52. The van der Waals surface area contributed by atoms with Crippen LogP contribution in [-0.4, -0.2) is 60.0 Å². The molecule has 1 aliphatic heterocycles. The topological polar surface area (TPSA) is 44.3 Å². The van der Waals surface area contributed by atoms with E-state index in [0.29, 0.717) is 0 Å². The number of hydrogen-bond acceptors (Lipinski definition) is 5. The quantitative estimate of drug-likeness (QED) is 0.910. The Kier molecular flexibility index (Phi) is 5.35. The van der Waals surface area contributed by atoms with Gasteiger partial charge in [-0.15, -0.1) is 0 Å². The van der Waals surface area contributed by atoms with Crippen molar-refractivity contribution in [3.8, 4) is 0 Å². The Morgan fingerprint density at radius 2 is 2.05 bits per heavy atom. The highest BCUT2D eigenvalue weighted by atomic mass is 79.9. The van der Waals surface area contributed by atoms with Crippen molar-refractivity contribution in [2.24, 2.45) is 0 Å². The zero-order valence-electron chi connectivity index (χ0n) is 12.8. The molecule has 1 saturated heterocycles. The molecule has 0 aliphatic carbocycles. The minimum Gasteiger partial charge on any atom is -0.369 e. The van der Waals surface area contributed by atoms with Gasteiger partial charge in [0.2, 0.25) is 0 Å². The molecule has 2 heterocycles. The van der Waals surface area contributed by atoms with Crippen LogP contribution in [0.5, 0.6) is 0 Å². The predicted molar refractivity (Wildman–Crippen MR) is 86.1 cm³/mol. The summed E-state index contributed by atoms with van der Waals surface area (Å²) in [6.07, 6.45) is 1.08. The summed E-state index contributed by atoms with van der Waals surface area (Å²) < 4.78 is 0.974. The van der Waals surface area contributed by atoms with Gasteiger partial charge >= 0.3 is 0 Å². The third-order valence-corrected chi connectivity index (χ3v) is 4.68. The van der Waals surface area contributed by atoms with Gasteiger partial charge in [0.05, 0.1) is 16.2 Å². The van der Waals surface area contributed by atoms with Crippen LogP contribution in [0.15, 0.2) is 4.47 Å². The van der Waals surface area contributed by atoms with E-state index >= 15 is 0 Å². The van der Waals surface area contributed by atoms with Gasteiger partial charge in [-0.05, 0) is 43.4 Å². The molecule has 0 saturated carbocycles. The van der Waals surface area contributed by atoms with E-state index in [2.05, 4.69) is 57.0 Å². The predicted octanol–water partition coefficient (Wildman–Crippen LogP) is 2.29. The van der Waals surface area contributed by atoms with Gasteiger partial charge in [-0.25, -0.2) is 9.97 Å². The average molecular weight is 342 g/mol. The summed E-state index contributed by atoms with van der Waals surface area (Å²) in [4.78, 5) is 14.1. The first-order valence-electron chi connectivity index (χ1n) is 7.19. The van der Waals surface area contributed by atoms with Gasteiger partial charge < -0.3 is 10.2 Å². The van der Waals surface area contributed by atoms with Gasteiger partial charge in [0, 0.05) is 26.2 Å². The fraction of sp³-hybridized carbons (Fsp3) is 0.714. The van der Waals surface area contributed by atoms with E-state index in [1.165, 1.54) is 0 Å². The van der Waals surface area contributed by atoms with Gasteiger partial charge in [-0.3, -0.25) is 4.90 Å². The second-order valence-electron chi connectivity index (χ2n) is 5.52. The average Bonchev–Trinajstić information content (AvgIpc) is 2.43. The Bertz CT molecular complexity index is 465. The fourth-order valence-electron chi connectivity index (χ4n) is 2.38. The Labute approximate surface area is 129 Å². The minimum atomic E-state index is 0.266. The number of halogens is 1. The molecule has 0 radical (unpaired) electrons. The van der Waals surface area contributed by atoms with Crippen molar-refractivity contribution in [3.05, 3.63) is 16.0 Å². The zero-order chi connectivity index (χ0) is 14.7. The highest BCUT2D eigenvalue weighted by Crippen LogP contribution is 2.27. The molecule has 0 aromatic carbocycles. The molecule has 20 heavy (non-hydrogen) atoms. The smallest absolute Gasteiger partial charge is 0.149 e. The highest BCUT2D eigenvalue weighted by Gasteiger charge is 2.27. The maximum absolute atomic E-state index is 4.74. The number of hydrogen-bond donors (Lipinski definition) is 1. The van der Waals surface area contributed by atoms with E-state index in [-0.39, 0.29) is 6.04 Å². The molecule has 0 bridgehead atoms. The molecule has 5 nitrogen and oxygen atoms in total. The molecule has 6 heteroatoms. The SMILES string of the molecule is CCCNc1nc(C2CN(C)CCN2C)nc(C)c1Br. The summed E-state index contributed by atoms with van der Waals surface area (Å²) >= 11 is 3.58. The van der Waals surface area contributed by atoms with E-state index in [4.69, 9.17) is 4.98 Å². The number of aryl methyl sites for hydroxylation is 1. The normalized spacial score (nSPS) is 21.1. The number of nitrogens with zero attached hydrogens (tertiary/aromatic N) is 4. The lowest BCUT2D eigenvalue weighted by atomic mass is 10.1. The molecule has 1 fully saturated rings. The maximum Gasteiger partial charge on any atom is 0.149 e. The van der Waals surface area contributed by atoms with Crippen LogP contribution < -0.4 is 5.32 Å². The number of nitrogens with one attached hydrogen (secondary N) is 1. The van der Waals surface area contributed by atoms with Crippen molar-refractivity contribution in [1.29, 1.82) is 0 Å². The fourth-order valence-corrected chi connectivity index (χ4v) is 2.70. The third-order valence-electron chi connectivity index (χ3n) is 3.73. The number of rotatable bonds is 4. The van der Waals surface area contributed by atoms with Crippen molar-refractivity contribution in [1.82, 2.24) is 19.8 Å². The summed E-state index contributed by atoms with van der Waals surface area (Å²) in [5, 5.41) is 3.38. The van der Waals surface area contributed by atoms with Crippen molar-refractivity contribution >= 4 is 21.7 Å². The van der Waals surface area contributed by atoms with Gasteiger partial charge in [0.15, 0.2) is 0 Å². The van der Waals surface area contributed by atoms with E-state index in [1.54, 1.807) is 0 Å². The summed E-state index contributed by atoms with van der Waals surface area (Å²) in [5.41, 5.74) is 0.996. The first-order valence-corrected chi connectivity index (χ1v) is 7.99. The molecule has 1 aromatic rings. The van der Waals surface area contributed by atoms with Gasteiger partial charge in [0.1, 0.15) is 11.6 Å². The Morgan fingerprint density at radius 3 is 2.75 bits per heavy atom. The number of piperazine rings is 1. The summed E-state index contributed by atoms with van der Waals surface area (Å²) in [5.74, 6) is 1.83. The number of likely N-dealkylation sites (N-methyl/N-ethyl adjacent to an activating group) is 2. The molecule has 1 aromatic heterocycles. The monoisotopic (exact) mass is 341 g/mol. The van der Waals surface area contributed by atoms with Crippen LogP contribution in [0.1, 0.15) is 30.9 Å². The van der Waals surface area contributed by atoms with Crippen molar-refractivity contribution in [2.45, 2.75) is 26.3 Å². The van der Waals surface area contributed by atoms with E-state index in [9.17, 15) is 0 Å². The maximum atomic E-state index is 4.74. The van der Waals surface area contributed by atoms with Crippen LogP contribution in [0.2, 0.25) is 0 Å². The first kappa shape index (κ1) is 15.7. The molecule has 1 N–H and O–H groups in total. The number of anilines is 1. The van der Waals surface area contributed by atoms with E-state index in [1.807, 2.05) is 6.92 Å². The Morgan fingerprint density at radius 1 is 1.30 bits per heavy atom. The van der Waals surface area contributed by atoms with Crippen molar-refractivity contribution in [2.75, 3.05) is 45.6 Å². The van der Waals surface area contributed by atoms with Crippen LogP contribution in [0.4, 0.5) is 5.82 Å². The minimum absolute atomic E-state index is 0.266. The Hall–Kier alpha value is -0.720.